The van der Waals surface area contributed by atoms with Gasteiger partial charge in [0.25, 0.3) is 0 Å². The van der Waals surface area contributed by atoms with Crippen LogP contribution in [0.2, 0.25) is 0 Å². The summed E-state index contributed by atoms with van der Waals surface area (Å²) >= 11 is 8.29. The first-order valence-corrected chi connectivity index (χ1v) is 8.69. The first-order valence-electron chi connectivity index (χ1n) is 6.29. The molecule has 2 rings (SSSR count). The van der Waals surface area contributed by atoms with Gasteiger partial charge in [0, 0.05) is 12.1 Å². The number of hydrogen-bond donors (Lipinski definition) is 1. The number of rotatable bonds is 5. The van der Waals surface area contributed by atoms with E-state index in [1.54, 1.807) is 0 Å². The Kier molecular flexibility index (Phi) is 5.22. The minimum Gasteiger partial charge on any atom is -0.389 e. The lowest BCUT2D eigenvalue weighted by Gasteiger charge is -2.28. The second-order valence-corrected chi connectivity index (χ2v) is 9.01. The van der Waals surface area contributed by atoms with Gasteiger partial charge in [-0.2, -0.15) is 0 Å². The van der Waals surface area contributed by atoms with Crippen molar-refractivity contribution in [1.29, 1.82) is 0 Å². The van der Waals surface area contributed by atoms with Gasteiger partial charge in [0.1, 0.15) is 0 Å². The molecule has 6 heteroatoms. The van der Waals surface area contributed by atoms with E-state index in [4.69, 9.17) is 0 Å². The predicted octanol–water partition coefficient (Wildman–Crippen LogP) is 3.69. The highest BCUT2D eigenvalue weighted by Gasteiger charge is 2.32. The average molecular weight is 411 g/mol. The van der Waals surface area contributed by atoms with Crippen LogP contribution in [0.5, 0.6) is 0 Å². The summed E-state index contributed by atoms with van der Waals surface area (Å²) in [5.41, 5.74) is 0.115. The van der Waals surface area contributed by atoms with Crippen molar-refractivity contribution in [3.8, 4) is 0 Å². The number of nitrogens with zero attached hydrogens (tertiary/aromatic N) is 1. The van der Waals surface area contributed by atoms with Crippen molar-refractivity contribution in [3.05, 3.63) is 19.2 Å². The molecule has 0 spiro atoms. The number of thiophene rings is 1. The summed E-state index contributed by atoms with van der Waals surface area (Å²) in [6.45, 7) is 0.908. The van der Waals surface area contributed by atoms with Crippen molar-refractivity contribution >= 4 is 49.0 Å². The fraction of sp³-hybridized carbons (Fsp3) is 0.615. The van der Waals surface area contributed by atoms with Crippen LogP contribution in [-0.2, 0) is 0 Å². The number of Topliss-reactive ketones (excluding diaryl/α,β-unsaturated/α-hetero) is 1. The van der Waals surface area contributed by atoms with Crippen LogP contribution in [-0.4, -0.2) is 41.5 Å². The first kappa shape index (κ1) is 15.6. The topological polar surface area (TPSA) is 40.5 Å². The molecule has 0 atom stereocenters. The zero-order valence-corrected chi connectivity index (χ0v) is 14.8. The van der Waals surface area contributed by atoms with Gasteiger partial charge in [-0.15, -0.1) is 11.3 Å². The van der Waals surface area contributed by atoms with Crippen LogP contribution in [0.1, 0.15) is 36.0 Å². The highest BCUT2D eigenvalue weighted by Crippen LogP contribution is 2.33. The van der Waals surface area contributed by atoms with Crippen molar-refractivity contribution < 1.29 is 9.90 Å². The van der Waals surface area contributed by atoms with E-state index in [2.05, 4.69) is 31.9 Å². The van der Waals surface area contributed by atoms with Crippen molar-refractivity contribution in [2.45, 2.75) is 31.3 Å². The van der Waals surface area contributed by atoms with Crippen LogP contribution in [0, 0.1) is 0 Å². The van der Waals surface area contributed by atoms with E-state index < -0.39 is 5.60 Å². The van der Waals surface area contributed by atoms with E-state index in [0.29, 0.717) is 18.7 Å². The minimum atomic E-state index is -0.596. The molecule has 0 unspecified atom stereocenters. The maximum absolute atomic E-state index is 12.2. The Morgan fingerprint density at radius 1 is 1.47 bits per heavy atom. The van der Waals surface area contributed by atoms with Crippen LogP contribution in [0.25, 0.3) is 0 Å². The van der Waals surface area contributed by atoms with Crippen LogP contribution in [0.4, 0.5) is 0 Å². The van der Waals surface area contributed by atoms with E-state index in [9.17, 15) is 9.90 Å². The second kappa shape index (κ2) is 6.35. The zero-order valence-electron chi connectivity index (χ0n) is 10.8. The number of carbonyl (C=O) groups excluding carboxylic acids is 1. The average Bonchev–Trinajstić information content (AvgIpc) is 2.84. The third-order valence-corrected chi connectivity index (χ3v) is 5.81. The third-order valence-electron chi connectivity index (χ3n) is 3.47. The highest BCUT2D eigenvalue weighted by molar-refractivity contribution is 9.12. The fourth-order valence-electron chi connectivity index (χ4n) is 2.61. The fourth-order valence-corrected chi connectivity index (χ4v) is 5.47. The molecule has 1 aromatic heterocycles. The molecular formula is C13H17Br2NO2S. The number of likely N-dealkylation sites (N-methyl/N-ethyl adjacent to an activating group) is 1. The SMILES string of the molecule is CN(CC(=O)c1cc(Br)sc1Br)CC1(O)CCCC1. The minimum absolute atomic E-state index is 0.0814. The molecule has 106 valence electrons. The molecule has 3 nitrogen and oxygen atoms in total. The van der Waals surface area contributed by atoms with Crippen LogP contribution in [0.3, 0.4) is 0 Å². The molecule has 0 aliphatic heterocycles. The normalized spacial score (nSPS) is 18.2. The lowest BCUT2D eigenvalue weighted by atomic mass is 10.0. The molecule has 1 fully saturated rings. The van der Waals surface area contributed by atoms with Crippen molar-refractivity contribution in [2.24, 2.45) is 0 Å². The number of aliphatic hydroxyl groups is 1. The van der Waals surface area contributed by atoms with Gasteiger partial charge in [-0.25, -0.2) is 0 Å². The zero-order chi connectivity index (χ0) is 14.0. The summed E-state index contributed by atoms with van der Waals surface area (Å²) in [6, 6.07) is 1.84. The van der Waals surface area contributed by atoms with Crippen LogP contribution in [0.15, 0.2) is 13.6 Å². The molecule has 0 aromatic carbocycles. The van der Waals surface area contributed by atoms with Gasteiger partial charge in [0.15, 0.2) is 5.78 Å². The van der Waals surface area contributed by atoms with Gasteiger partial charge in [-0.1, -0.05) is 12.8 Å². The summed E-state index contributed by atoms with van der Waals surface area (Å²) in [7, 11) is 1.89. The molecule has 0 bridgehead atoms. The maximum atomic E-state index is 12.2. The van der Waals surface area contributed by atoms with Gasteiger partial charge in [0.05, 0.1) is 19.7 Å². The highest BCUT2D eigenvalue weighted by atomic mass is 79.9. The summed E-state index contributed by atoms with van der Waals surface area (Å²) in [6.07, 6.45) is 3.86. The summed E-state index contributed by atoms with van der Waals surface area (Å²) in [5, 5.41) is 10.3. The predicted molar refractivity (Wildman–Crippen MR) is 85.0 cm³/mol. The molecule has 0 amide bonds. The standard InChI is InChI=1S/C13H17Br2NO2S/c1-16(8-13(18)4-2-3-5-13)7-10(17)9-6-11(14)19-12(9)15/h6,18H,2-5,7-8H2,1H3. The lowest BCUT2D eigenvalue weighted by molar-refractivity contribution is 0.0172. The van der Waals surface area contributed by atoms with Crippen LogP contribution < -0.4 is 0 Å². The Morgan fingerprint density at radius 2 is 2.11 bits per heavy atom. The van der Waals surface area contributed by atoms with Crippen LogP contribution >= 0.6 is 43.2 Å². The van der Waals surface area contributed by atoms with E-state index >= 15 is 0 Å². The van der Waals surface area contributed by atoms with Crippen molar-refractivity contribution in [3.63, 3.8) is 0 Å². The molecule has 19 heavy (non-hydrogen) atoms. The first-order chi connectivity index (χ1) is 8.89. The van der Waals surface area contributed by atoms with Gasteiger partial charge in [-0.05, 0) is 57.8 Å². The summed E-state index contributed by atoms with van der Waals surface area (Å²) in [4.78, 5) is 14.1. The number of carbonyl (C=O) groups is 1. The molecule has 1 aliphatic rings. The molecule has 1 aliphatic carbocycles. The van der Waals surface area contributed by atoms with E-state index in [1.165, 1.54) is 11.3 Å². The summed E-state index contributed by atoms with van der Waals surface area (Å²) in [5.74, 6) is 0.0814. The number of hydrogen-bond acceptors (Lipinski definition) is 4. The van der Waals surface area contributed by atoms with Gasteiger partial charge in [0.2, 0.25) is 0 Å². The molecular weight excluding hydrogens is 394 g/mol. The Morgan fingerprint density at radius 3 is 2.63 bits per heavy atom. The second-order valence-electron chi connectivity index (χ2n) is 5.26. The van der Waals surface area contributed by atoms with E-state index in [-0.39, 0.29) is 5.78 Å². The number of halogens is 2. The molecule has 0 radical (unpaired) electrons. The van der Waals surface area contributed by atoms with Gasteiger partial charge < -0.3 is 5.11 Å². The third kappa shape index (κ3) is 4.11. The molecule has 1 heterocycles. The van der Waals surface area contributed by atoms with Gasteiger partial charge in [-0.3, -0.25) is 9.69 Å². The Hall–Kier alpha value is 0.250. The number of ketones is 1. The maximum Gasteiger partial charge on any atom is 0.178 e. The van der Waals surface area contributed by atoms with Crippen molar-refractivity contribution in [1.82, 2.24) is 4.90 Å². The molecule has 1 aromatic rings. The Labute approximate surface area is 134 Å². The quantitative estimate of drug-likeness (QED) is 0.752. The molecule has 1 saturated carbocycles. The Balaban J connectivity index is 1.93. The monoisotopic (exact) mass is 409 g/mol. The largest absolute Gasteiger partial charge is 0.389 e. The molecule has 0 saturated heterocycles. The smallest absolute Gasteiger partial charge is 0.178 e. The van der Waals surface area contributed by atoms with E-state index in [0.717, 1.165) is 33.3 Å². The van der Waals surface area contributed by atoms with Gasteiger partial charge >= 0.3 is 0 Å². The molecule has 1 N–H and O–H groups in total. The Bertz CT molecular complexity index is 469. The summed E-state index contributed by atoms with van der Waals surface area (Å²) < 4.78 is 1.80. The lowest BCUT2D eigenvalue weighted by Crippen LogP contribution is -2.41. The van der Waals surface area contributed by atoms with E-state index in [1.807, 2.05) is 18.0 Å². The van der Waals surface area contributed by atoms with Crippen molar-refractivity contribution in [2.75, 3.05) is 20.1 Å².